The van der Waals surface area contributed by atoms with Crippen molar-refractivity contribution >= 4 is 15.9 Å². The van der Waals surface area contributed by atoms with Gasteiger partial charge in [-0.25, -0.2) is 13.6 Å². The fourth-order valence-electron chi connectivity index (χ4n) is 3.87. The van der Waals surface area contributed by atoms with Crippen molar-refractivity contribution in [2.24, 2.45) is 16.8 Å². The summed E-state index contributed by atoms with van der Waals surface area (Å²) in [6.45, 7) is 0.607. The first-order valence-corrected chi connectivity index (χ1v) is 10.2. The number of carbonyl (C=O) groups excluding carboxylic acids is 1. The minimum absolute atomic E-state index is 0.00358. The minimum atomic E-state index is -3.43. The van der Waals surface area contributed by atoms with E-state index in [9.17, 15) is 13.2 Å². The lowest BCUT2D eigenvalue weighted by atomic mass is 9.81. The van der Waals surface area contributed by atoms with Crippen LogP contribution in [0, 0.1) is 5.92 Å². The molecule has 0 radical (unpaired) electrons. The standard InChI is InChI=1S/C17H25N3O3S/c18-9-14-3-1-2-12-4-5-13(8-16(12)14)17(21)20-15-6-11(7-15)10-24(19,22)23/h4-5,8,11,14-15H,1-3,6-7,9-10,18H2,(H,20,21)(H2,19,22,23). The zero-order valence-electron chi connectivity index (χ0n) is 13.7. The number of aryl methyl sites for hydroxylation is 1. The van der Waals surface area contributed by atoms with Crippen LogP contribution >= 0.6 is 0 Å². The van der Waals surface area contributed by atoms with Gasteiger partial charge in [-0.15, -0.1) is 0 Å². The third-order valence-corrected chi connectivity index (χ3v) is 6.11. The van der Waals surface area contributed by atoms with Crippen molar-refractivity contribution < 1.29 is 13.2 Å². The zero-order valence-corrected chi connectivity index (χ0v) is 14.5. The predicted molar refractivity (Wildman–Crippen MR) is 93.1 cm³/mol. The first kappa shape index (κ1) is 17.4. The minimum Gasteiger partial charge on any atom is -0.349 e. The topological polar surface area (TPSA) is 115 Å². The molecule has 0 aromatic heterocycles. The molecule has 1 fully saturated rings. The molecule has 1 atom stereocenters. The van der Waals surface area contributed by atoms with E-state index in [-0.39, 0.29) is 23.6 Å². The summed E-state index contributed by atoms with van der Waals surface area (Å²) < 4.78 is 22.1. The first-order chi connectivity index (χ1) is 11.4. The van der Waals surface area contributed by atoms with Gasteiger partial charge in [0.25, 0.3) is 5.91 Å². The normalized spacial score (nSPS) is 26.3. The van der Waals surface area contributed by atoms with Crippen LogP contribution in [0.2, 0.25) is 0 Å². The molecule has 7 heteroatoms. The summed E-state index contributed by atoms with van der Waals surface area (Å²) in [6, 6.07) is 5.91. The third kappa shape index (κ3) is 3.96. The van der Waals surface area contributed by atoms with Gasteiger partial charge in [0, 0.05) is 11.6 Å². The number of rotatable bonds is 5. The highest BCUT2D eigenvalue weighted by atomic mass is 32.2. The van der Waals surface area contributed by atoms with Crippen molar-refractivity contribution in [1.29, 1.82) is 0 Å². The Morgan fingerprint density at radius 2 is 2.04 bits per heavy atom. The number of carbonyl (C=O) groups is 1. The van der Waals surface area contributed by atoms with E-state index in [4.69, 9.17) is 10.9 Å². The molecule has 2 aliphatic carbocycles. The van der Waals surface area contributed by atoms with E-state index in [1.165, 1.54) is 11.1 Å². The summed E-state index contributed by atoms with van der Waals surface area (Å²) in [5.41, 5.74) is 9.02. The second-order valence-corrected chi connectivity index (χ2v) is 8.73. The van der Waals surface area contributed by atoms with Gasteiger partial charge in [-0.3, -0.25) is 4.79 Å². The average molecular weight is 351 g/mol. The number of sulfonamides is 1. The molecule has 1 aromatic carbocycles. The second kappa shape index (κ2) is 6.82. The van der Waals surface area contributed by atoms with Gasteiger partial charge in [0.15, 0.2) is 0 Å². The highest BCUT2D eigenvalue weighted by molar-refractivity contribution is 7.89. The summed E-state index contributed by atoms with van der Waals surface area (Å²) in [5, 5.41) is 8.03. The molecular weight excluding hydrogens is 326 g/mol. The highest BCUT2D eigenvalue weighted by Crippen LogP contribution is 2.32. The monoisotopic (exact) mass is 351 g/mol. The van der Waals surface area contributed by atoms with Crippen LogP contribution in [0.1, 0.15) is 53.1 Å². The Balaban J connectivity index is 1.61. The van der Waals surface area contributed by atoms with E-state index in [2.05, 4.69) is 5.32 Å². The van der Waals surface area contributed by atoms with Crippen molar-refractivity contribution in [2.75, 3.05) is 12.3 Å². The lowest BCUT2D eigenvalue weighted by molar-refractivity contribution is 0.0897. The van der Waals surface area contributed by atoms with Gasteiger partial charge in [0.2, 0.25) is 10.0 Å². The molecule has 0 aliphatic heterocycles. The van der Waals surface area contributed by atoms with E-state index in [1.54, 1.807) is 0 Å². The molecule has 1 saturated carbocycles. The van der Waals surface area contributed by atoms with Gasteiger partial charge in [0.1, 0.15) is 0 Å². The smallest absolute Gasteiger partial charge is 0.251 e. The van der Waals surface area contributed by atoms with Crippen LogP contribution in [0.3, 0.4) is 0 Å². The second-order valence-electron chi connectivity index (χ2n) is 7.08. The van der Waals surface area contributed by atoms with Crippen LogP contribution in [-0.2, 0) is 16.4 Å². The summed E-state index contributed by atoms with van der Waals surface area (Å²) >= 11 is 0. The number of fused-ring (bicyclic) bond motifs is 1. The van der Waals surface area contributed by atoms with Gasteiger partial charge in [0.05, 0.1) is 5.75 Å². The highest BCUT2D eigenvalue weighted by Gasteiger charge is 2.33. The molecule has 0 bridgehead atoms. The number of nitrogens with one attached hydrogen (secondary N) is 1. The first-order valence-electron chi connectivity index (χ1n) is 8.50. The van der Waals surface area contributed by atoms with Gasteiger partial charge < -0.3 is 11.1 Å². The van der Waals surface area contributed by atoms with Crippen LogP contribution in [0.4, 0.5) is 0 Å². The molecule has 5 N–H and O–H groups in total. The van der Waals surface area contributed by atoms with Crippen molar-refractivity contribution in [3.05, 3.63) is 34.9 Å². The van der Waals surface area contributed by atoms with Crippen molar-refractivity contribution in [1.82, 2.24) is 5.32 Å². The molecule has 132 valence electrons. The van der Waals surface area contributed by atoms with Crippen molar-refractivity contribution in [3.63, 3.8) is 0 Å². The molecule has 6 nitrogen and oxygen atoms in total. The van der Waals surface area contributed by atoms with Crippen LogP contribution in [0.15, 0.2) is 18.2 Å². The maximum absolute atomic E-state index is 12.4. The zero-order chi connectivity index (χ0) is 17.3. The predicted octanol–water partition coefficient (Wildman–Crippen LogP) is 0.862. The molecule has 1 amide bonds. The lowest BCUT2D eigenvalue weighted by Crippen LogP contribution is -2.46. The number of primary sulfonamides is 1. The maximum atomic E-state index is 12.4. The molecule has 24 heavy (non-hydrogen) atoms. The van der Waals surface area contributed by atoms with E-state index >= 15 is 0 Å². The van der Waals surface area contributed by atoms with Gasteiger partial charge in [-0.1, -0.05) is 6.07 Å². The van der Waals surface area contributed by atoms with Crippen LogP contribution < -0.4 is 16.2 Å². The molecule has 0 saturated heterocycles. The van der Waals surface area contributed by atoms with Gasteiger partial charge >= 0.3 is 0 Å². The third-order valence-electron chi connectivity index (χ3n) is 5.17. The molecule has 3 rings (SSSR count). The van der Waals surface area contributed by atoms with Crippen LogP contribution in [0.25, 0.3) is 0 Å². The summed E-state index contributed by atoms with van der Waals surface area (Å²) in [4.78, 5) is 12.4. The Kier molecular flexibility index (Phi) is 4.94. The Labute approximate surface area is 143 Å². The van der Waals surface area contributed by atoms with E-state index < -0.39 is 10.0 Å². The van der Waals surface area contributed by atoms with Gasteiger partial charge in [-0.05, 0) is 73.7 Å². The molecule has 0 spiro atoms. The Hall–Kier alpha value is -1.44. The number of nitrogens with two attached hydrogens (primary N) is 2. The lowest BCUT2D eigenvalue weighted by Gasteiger charge is -2.35. The molecular formula is C17H25N3O3S. The van der Waals surface area contributed by atoms with E-state index in [1.807, 2.05) is 18.2 Å². The summed E-state index contributed by atoms with van der Waals surface area (Å²) in [7, 11) is -3.43. The quantitative estimate of drug-likeness (QED) is 0.730. The fourth-order valence-corrected chi connectivity index (χ4v) is 4.80. The summed E-state index contributed by atoms with van der Waals surface area (Å²) in [5.74, 6) is 0.286. The van der Waals surface area contributed by atoms with Gasteiger partial charge in [-0.2, -0.15) is 0 Å². The van der Waals surface area contributed by atoms with E-state index in [0.717, 1.165) is 19.3 Å². The Bertz CT molecular complexity index is 727. The maximum Gasteiger partial charge on any atom is 0.251 e. The van der Waals surface area contributed by atoms with E-state index in [0.29, 0.717) is 30.9 Å². The molecule has 1 unspecified atom stereocenters. The number of benzene rings is 1. The SMILES string of the molecule is NCC1CCCc2ccc(C(=O)NC3CC(CS(N)(=O)=O)C3)cc21. The Morgan fingerprint density at radius 3 is 2.71 bits per heavy atom. The van der Waals surface area contributed by atoms with Crippen LogP contribution in [0.5, 0.6) is 0 Å². The molecule has 1 aromatic rings. The number of hydrogen-bond donors (Lipinski definition) is 3. The van der Waals surface area contributed by atoms with Crippen molar-refractivity contribution in [2.45, 2.75) is 44.1 Å². The average Bonchev–Trinajstić information content (AvgIpc) is 2.50. The Morgan fingerprint density at radius 1 is 1.29 bits per heavy atom. The number of hydrogen-bond acceptors (Lipinski definition) is 4. The van der Waals surface area contributed by atoms with Crippen LogP contribution in [-0.4, -0.2) is 32.7 Å². The number of amides is 1. The fraction of sp³-hybridized carbons (Fsp3) is 0.588. The largest absolute Gasteiger partial charge is 0.349 e. The molecule has 2 aliphatic rings. The van der Waals surface area contributed by atoms with Crippen molar-refractivity contribution in [3.8, 4) is 0 Å². The summed E-state index contributed by atoms with van der Waals surface area (Å²) in [6.07, 6.45) is 4.60. The molecule has 0 heterocycles.